The fraction of sp³-hybridized carbons (Fsp3) is 0.125. The van der Waals surface area contributed by atoms with E-state index < -0.39 is 10.8 Å². The van der Waals surface area contributed by atoms with Gasteiger partial charge in [-0.2, -0.15) is 0 Å². The molecule has 1 amide bonds. The van der Waals surface area contributed by atoms with E-state index in [-0.39, 0.29) is 17.0 Å². The topological polar surface area (TPSA) is 94.4 Å². The lowest BCUT2D eigenvalue weighted by atomic mass is 10.1. The first kappa shape index (κ1) is 15.9. The van der Waals surface area contributed by atoms with E-state index >= 15 is 0 Å². The number of nitro benzene ring substituents is 1. The van der Waals surface area contributed by atoms with E-state index in [2.05, 4.69) is 10.3 Å². The lowest BCUT2D eigenvalue weighted by molar-refractivity contribution is -0.384. The number of nitrogens with zero attached hydrogens (tertiary/aromatic N) is 2. The molecule has 1 aromatic heterocycles. The predicted octanol–water partition coefficient (Wildman–Crippen LogP) is 3.77. The number of hydrogen-bond donors (Lipinski definition) is 1. The summed E-state index contributed by atoms with van der Waals surface area (Å²) in [4.78, 5) is 27.2. The van der Waals surface area contributed by atoms with Gasteiger partial charge in [-0.3, -0.25) is 20.2 Å². The van der Waals surface area contributed by atoms with Gasteiger partial charge < -0.3 is 4.74 Å². The molecule has 0 fully saturated rings. The van der Waals surface area contributed by atoms with Crippen molar-refractivity contribution in [2.75, 3.05) is 12.4 Å². The maximum Gasteiger partial charge on any atom is 0.270 e. The largest absolute Gasteiger partial charge is 0.496 e. The number of methoxy groups -OCH3 is 1. The molecule has 0 unspecified atom stereocenters. The zero-order valence-electron chi connectivity index (χ0n) is 12.9. The minimum absolute atomic E-state index is 0.0853. The van der Waals surface area contributed by atoms with Crippen LogP contribution >= 0.6 is 11.3 Å². The van der Waals surface area contributed by atoms with E-state index in [1.807, 2.05) is 25.1 Å². The predicted molar refractivity (Wildman–Crippen MR) is 92.0 cm³/mol. The summed E-state index contributed by atoms with van der Waals surface area (Å²) in [6.45, 7) is 1.98. The zero-order valence-corrected chi connectivity index (χ0v) is 13.7. The summed E-state index contributed by atoms with van der Waals surface area (Å²) in [6.07, 6.45) is 0. The lowest BCUT2D eigenvalue weighted by Gasteiger charge is -2.07. The number of carbonyl (C=O) groups is 1. The minimum atomic E-state index is -0.559. The van der Waals surface area contributed by atoms with Gasteiger partial charge >= 0.3 is 0 Å². The van der Waals surface area contributed by atoms with E-state index in [1.165, 1.54) is 36.6 Å². The zero-order chi connectivity index (χ0) is 17.3. The Hall–Kier alpha value is -3.00. The van der Waals surface area contributed by atoms with Gasteiger partial charge in [-0.1, -0.05) is 17.4 Å². The monoisotopic (exact) mass is 343 g/mol. The number of ether oxygens (including phenoxy) is 1. The quantitative estimate of drug-likeness (QED) is 0.575. The van der Waals surface area contributed by atoms with E-state index in [0.29, 0.717) is 5.13 Å². The smallest absolute Gasteiger partial charge is 0.270 e. The summed E-state index contributed by atoms with van der Waals surface area (Å²) in [5, 5.41) is 14.0. The number of nitro groups is 1. The van der Waals surface area contributed by atoms with E-state index in [9.17, 15) is 14.9 Å². The molecule has 0 aliphatic rings. The highest BCUT2D eigenvalue weighted by molar-refractivity contribution is 7.22. The minimum Gasteiger partial charge on any atom is -0.496 e. The van der Waals surface area contributed by atoms with Gasteiger partial charge in [0.05, 0.1) is 27.8 Å². The van der Waals surface area contributed by atoms with Crippen LogP contribution in [-0.4, -0.2) is 22.9 Å². The fourth-order valence-corrected chi connectivity index (χ4v) is 3.20. The summed E-state index contributed by atoms with van der Waals surface area (Å²) in [5.74, 6) is -0.249. The summed E-state index contributed by atoms with van der Waals surface area (Å²) in [6, 6.07) is 9.68. The van der Waals surface area contributed by atoms with Crippen LogP contribution in [0.4, 0.5) is 10.8 Å². The molecule has 3 aromatic rings. The number of non-ortho nitro benzene ring substituents is 1. The number of thiazole rings is 1. The molecule has 8 heteroatoms. The molecule has 0 bridgehead atoms. The Bertz CT molecular complexity index is 952. The van der Waals surface area contributed by atoms with Gasteiger partial charge in [0.2, 0.25) is 0 Å². The Balaban J connectivity index is 1.93. The normalized spacial score (nSPS) is 10.6. The second-order valence-corrected chi connectivity index (χ2v) is 6.12. The van der Waals surface area contributed by atoms with Gasteiger partial charge in [-0.15, -0.1) is 0 Å². The highest BCUT2D eigenvalue weighted by Crippen LogP contribution is 2.29. The molecule has 0 aliphatic heterocycles. The number of rotatable bonds is 4. The molecule has 0 aliphatic carbocycles. The average Bonchev–Trinajstić information content (AvgIpc) is 2.95. The molecular formula is C16H13N3O4S. The number of aromatic nitrogens is 1. The van der Waals surface area contributed by atoms with Crippen molar-refractivity contribution < 1.29 is 14.5 Å². The Morgan fingerprint density at radius 2 is 2.08 bits per heavy atom. The van der Waals surface area contributed by atoms with Crippen molar-refractivity contribution in [1.29, 1.82) is 0 Å². The number of hydrogen-bond acceptors (Lipinski definition) is 6. The first-order chi connectivity index (χ1) is 11.5. The third-order valence-corrected chi connectivity index (χ3v) is 4.34. The molecule has 1 N–H and O–H groups in total. The van der Waals surface area contributed by atoms with Crippen LogP contribution in [0, 0.1) is 17.0 Å². The number of nitrogens with one attached hydrogen (secondary N) is 1. The van der Waals surface area contributed by atoms with Gasteiger partial charge in [0, 0.05) is 12.1 Å². The Kier molecular flexibility index (Phi) is 4.13. The maximum absolute atomic E-state index is 12.5. The molecule has 0 spiro atoms. The van der Waals surface area contributed by atoms with Crippen LogP contribution in [0.5, 0.6) is 5.75 Å². The molecule has 1 heterocycles. The van der Waals surface area contributed by atoms with Crippen LogP contribution in [0.25, 0.3) is 10.2 Å². The first-order valence-corrected chi connectivity index (χ1v) is 7.80. The van der Waals surface area contributed by atoms with Gasteiger partial charge in [-0.25, -0.2) is 4.98 Å². The van der Waals surface area contributed by atoms with Crippen molar-refractivity contribution in [2.24, 2.45) is 0 Å². The number of benzene rings is 2. The third-order valence-electron chi connectivity index (χ3n) is 3.40. The third kappa shape index (κ3) is 3.04. The van der Waals surface area contributed by atoms with Crippen LogP contribution in [0.1, 0.15) is 15.9 Å². The first-order valence-electron chi connectivity index (χ1n) is 6.99. The van der Waals surface area contributed by atoms with Crippen molar-refractivity contribution in [1.82, 2.24) is 4.98 Å². The summed E-state index contributed by atoms with van der Waals surface area (Å²) in [5.41, 5.74) is 1.79. The van der Waals surface area contributed by atoms with Crippen molar-refractivity contribution in [3.05, 3.63) is 57.6 Å². The molecule has 2 aromatic carbocycles. The highest BCUT2D eigenvalue weighted by atomic mass is 32.1. The summed E-state index contributed by atoms with van der Waals surface area (Å²) >= 11 is 1.34. The van der Waals surface area contributed by atoms with Crippen LogP contribution in [-0.2, 0) is 0 Å². The number of aryl methyl sites for hydroxylation is 1. The van der Waals surface area contributed by atoms with Crippen molar-refractivity contribution in [3.63, 3.8) is 0 Å². The Labute approximate surface area is 141 Å². The molecule has 0 saturated carbocycles. The summed E-state index contributed by atoms with van der Waals surface area (Å²) in [7, 11) is 1.40. The fourth-order valence-electron chi connectivity index (χ4n) is 2.24. The number of fused-ring (bicyclic) bond motifs is 1. The van der Waals surface area contributed by atoms with E-state index in [0.717, 1.165) is 15.8 Å². The molecule has 7 nitrogen and oxygen atoms in total. The van der Waals surface area contributed by atoms with Crippen LogP contribution in [0.15, 0.2) is 36.4 Å². The van der Waals surface area contributed by atoms with Crippen LogP contribution < -0.4 is 10.1 Å². The Morgan fingerprint density at radius 1 is 1.29 bits per heavy atom. The van der Waals surface area contributed by atoms with Crippen molar-refractivity contribution in [2.45, 2.75) is 6.92 Å². The highest BCUT2D eigenvalue weighted by Gasteiger charge is 2.18. The van der Waals surface area contributed by atoms with Crippen molar-refractivity contribution in [3.8, 4) is 5.75 Å². The van der Waals surface area contributed by atoms with E-state index in [4.69, 9.17) is 4.74 Å². The molecule has 24 heavy (non-hydrogen) atoms. The molecule has 0 saturated heterocycles. The second-order valence-electron chi connectivity index (χ2n) is 5.09. The van der Waals surface area contributed by atoms with Gasteiger partial charge in [0.1, 0.15) is 5.75 Å². The van der Waals surface area contributed by atoms with Crippen molar-refractivity contribution >= 4 is 38.3 Å². The standard InChI is InChI=1S/C16H13N3O4S/c1-9-3-5-12-14(7-9)24-16(17-12)18-15(20)11-8-10(19(21)22)4-6-13(11)23-2/h3-8H,1-2H3,(H,17,18,20). The molecule has 0 radical (unpaired) electrons. The van der Waals surface area contributed by atoms with Crippen LogP contribution in [0.2, 0.25) is 0 Å². The van der Waals surface area contributed by atoms with Gasteiger partial charge in [-0.05, 0) is 30.7 Å². The van der Waals surface area contributed by atoms with Gasteiger partial charge in [0.25, 0.3) is 11.6 Å². The average molecular weight is 343 g/mol. The molecule has 122 valence electrons. The van der Waals surface area contributed by atoms with Gasteiger partial charge in [0.15, 0.2) is 5.13 Å². The van der Waals surface area contributed by atoms with E-state index in [1.54, 1.807) is 0 Å². The summed E-state index contributed by atoms with van der Waals surface area (Å²) < 4.78 is 6.07. The second kappa shape index (κ2) is 6.25. The lowest BCUT2D eigenvalue weighted by Crippen LogP contribution is -2.13. The molecule has 3 rings (SSSR count). The van der Waals surface area contributed by atoms with Crippen LogP contribution in [0.3, 0.4) is 0 Å². The number of carbonyl (C=O) groups excluding carboxylic acids is 1. The maximum atomic E-state index is 12.5. The molecule has 0 atom stereocenters. The number of amides is 1. The molecular weight excluding hydrogens is 330 g/mol. The number of anilines is 1. The SMILES string of the molecule is COc1ccc([N+](=O)[O-])cc1C(=O)Nc1nc2ccc(C)cc2s1. The Morgan fingerprint density at radius 3 is 2.79 bits per heavy atom.